The van der Waals surface area contributed by atoms with E-state index in [1.54, 1.807) is 0 Å². The minimum absolute atomic E-state index is 0.288. The van der Waals surface area contributed by atoms with Crippen LogP contribution in [0, 0.1) is 0 Å². The van der Waals surface area contributed by atoms with Crippen LogP contribution in [0.15, 0.2) is 12.2 Å². The molecule has 0 fully saturated rings. The molecule has 76 valence electrons. The summed E-state index contributed by atoms with van der Waals surface area (Å²) in [6, 6.07) is 0. The molecular weight excluding hydrogens is 188 g/mol. The number of hydrogen-bond donors (Lipinski definition) is 0. The molecule has 0 spiro atoms. The van der Waals surface area contributed by atoms with Crippen LogP contribution in [0.25, 0.3) is 0 Å². The predicted octanol–water partition coefficient (Wildman–Crippen LogP) is 3.89. The largest absolute Gasteiger partial charge is 0.449 e. The molecule has 13 heavy (non-hydrogen) atoms. The first-order valence-corrected chi connectivity index (χ1v) is 5.12. The molecule has 0 unspecified atom stereocenters. The average molecular weight is 205 g/mol. The first-order chi connectivity index (χ1) is 6.27. The smallest absolute Gasteiger partial charge is 0.404 e. The molecule has 0 atom stereocenters. The highest BCUT2D eigenvalue weighted by Crippen LogP contribution is 2.02. The zero-order chi connectivity index (χ0) is 9.94. The highest BCUT2D eigenvalue weighted by molar-refractivity contribution is 6.61. The monoisotopic (exact) mass is 204 g/mol. The molecule has 0 heterocycles. The van der Waals surface area contributed by atoms with E-state index in [-0.39, 0.29) is 6.61 Å². The van der Waals surface area contributed by atoms with Crippen LogP contribution in [-0.4, -0.2) is 12.0 Å². The quantitative estimate of drug-likeness (QED) is 0.357. The second-order valence-electron chi connectivity index (χ2n) is 2.87. The maximum Gasteiger partial charge on any atom is 0.404 e. The van der Waals surface area contributed by atoms with Crippen LogP contribution in [0.1, 0.15) is 39.0 Å². The molecule has 0 bridgehead atoms. The predicted molar refractivity (Wildman–Crippen MR) is 55.1 cm³/mol. The average Bonchev–Trinajstić information content (AvgIpc) is 2.09. The van der Waals surface area contributed by atoms with E-state index in [4.69, 9.17) is 11.6 Å². The van der Waals surface area contributed by atoms with Crippen LogP contribution >= 0.6 is 11.6 Å². The van der Waals surface area contributed by atoms with E-state index >= 15 is 0 Å². The minimum atomic E-state index is -0.740. The maximum absolute atomic E-state index is 10.1. The number of carbonyl (C=O) groups excluding carboxylic acids is 1. The summed E-state index contributed by atoms with van der Waals surface area (Å²) in [5.41, 5.74) is -0.740. The highest BCUT2D eigenvalue weighted by atomic mass is 35.5. The maximum atomic E-state index is 10.1. The zero-order valence-corrected chi connectivity index (χ0v) is 8.85. The third kappa shape index (κ3) is 11.5. The lowest BCUT2D eigenvalue weighted by Crippen LogP contribution is -1.92. The van der Waals surface area contributed by atoms with Gasteiger partial charge in [0.25, 0.3) is 0 Å². The fraction of sp³-hybridized carbons (Fsp3) is 0.700. The molecule has 0 aliphatic carbocycles. The summed E-state index contributed by atoms with van der Waals surface area (Å²) in [5.74, 6) is 0. The molecular formula is C10H17ClO2. The Morgan fingerprint density at radius 2 is 2.08 bits per heavy atom. The zero-order valence-electron chi connectivity index (χ0n) is 8.09. The van der Waals surface area contributed by atoms with Gasteiger partial charge in [0, 0.05) is 11.6 Å². The highest BCUT2D eigenvalue weighted by Gasteiger charge is 1.89. The normalized spacial score (nSPS) is 10.6. The van der Waals surface area contributed by atoms with Crippen molar-refractivity contribution in [1.29, 1.82) is 0 Å². The van der Waals surface area contributed by atoms with Gasteiger partial charge in [0.05, 0.1) is 0 Å². The van der Waals surface area contributed by atoms with Gasteiger partial charge in [-0.15, -0.1) is 0 Å². The second-order valence-corrected chi connectivity index (χ2v) is 3.18. The van der Waals surface area contributed by atoms with E-state index in [2.05, 4.69) is 11.7 Å². The SMILES string of the molecule is CCCCCC/C=C\COC(=O)Cl. The van der Waals surface area contributed by atoms with Crippen molar-refractivity contribution in [2.45, 2.75) is 39.0 Å². The molecule has 0 saturated carbocycles. The van der Waals surface area contributed by atoms with Crippen LogP contribution in [0.4, 0.5) is 4.79 Å². The van der Waals surface area contributed by atoms with Crippen LogP contribution in [-0.2, 0) is 4.74 Å². The number of rotatable bonds is 7. The summed E-state index contributed by atoms with van der Waals surface area (Å²) in [5, 5.41) is 0. The Morgan fingerprint density at radius 3 is 2.69 bits per heavy atom. The molecule has 0 aromatic rings. The van der Waals surface area contributed by atoms with Crippen molar-refractivity contribution < 1.29 is 9.53 Å². The number of unbranched alkanes of at least 4 members (excludes halogenated alkanes) is 4. The summed E-state index contributed by atoms with van der Waals surface area (Å²) >= 11 is 4.96. The number of carbonyl (C=O) groups is 1. The molecule has 0 rings (SSSR count). The van der Waals surface area contributed by atoms with Crippen molar-refractivity contribution >= 4 is 17.0 Å². The molecule has 3 heteroatoms. The molecule has 2 nitrogen and oxygen atoms in total. The molecule has 0 aliphatic heterocycles. The standard InChI is InChI=1S/C10H17ClO2/c1-2-3-4-5-6-7-8-9-13-10(11)12/h7-8H,2-6,9H2,1H3/b8-7-. The van der Waals surface area contributed by atoms with Crippen molar-refractivity contribution in [2.75, 3.05) is 6.61 Å². The van der Waals surface area contributed by atoms with Gasteiger partial charge in [0.1, 0.15) is 6.61 Å². The van der Waals surface area contributed by atoms with Crippen LogP contribution < -0.4 is 0 Å². The Morgan fingerprint density at radius 1 is 1.31 bits per heavy atom. The number of halogens is 1. The van der Waals surface area contributed by atoms with Gasteiger partial charge in [0.2, 0.25) is 0 Å². The van der Waals surface area contributed by atoms with Crippen molar-refractivity contribution in [1.82, 2.24) is 0 Å². The number of hydrogen-bond acceptors (Lipinski definition) is 2. The van der Waals surface area contributed by atoms with Crippen LogP contribution in [0.5, 0.6) is 0 Å². The fourth-order valence-corrected chi connectivity index (χ4v) is 1.05. The molecule has 0 N–H and O–H groups in total. The lowest BCUT2D eigenvalue weighted by atomic mass is 10.1. The van der Waals surface area contributed by atoms with E-state index in [0.717, 1.165) is 6.42 Å². The Balaban J connectivity index is 3.08. The van der Waals surface area contributed by atoms with Crippen LogP contribution in [0.2, 0.25) is 0 Å². The van der Waals surface area contributed by atoms with Crippen molar-refractivity contribution in [3.05, 3.63) is 12.2 Å². The van der Waals surface area contributed by atoms with E-state index in [1.807, 2.05) is 12.2 Å². The number of ether oxygens (including phenoxy) is 1. The van der Waals surface area contributed by atoms with Gasteiger partial charge < -0.3 is 4.74 Å². The molecule has 0 amide bonds. The van der Waals surface area contributed by atoms with Gasteiger partial charge in [-0.2, -0.15) is 0 Å². The summed E-state index contributed by atoms with van der Waals surface area (Å²) < 4.78 is 4.51. The van der Waals surface area contributed by atoms with Crippen molar-refractivity contribution in [3.8, 4) is 0 Å². The first-order valence-electron chi connectivity index (χ1n) is 4.74. The van der Waals surface area contributed by atoms with E-state index in [1.165, 1.54) is 25.7 Å². The Labute approximate surface area is 84.9 Å². The van der Waals surface area contributed by atoms with E-state index in [9.17, 15) is 4.79 Å². The molecule has 0 aromatic heterocycles. The first kappa shape index (κ1) is 12.5. The van der Waals surface area contributed by atoms with Gasteiger partial charge >= 0.3 is 5.43 Å². The minimum Gasteiger partial charge on any atom is -0.449 e. The summed E-state index contributed by atoms with van der Waals surface area (Å²) in [7, 11) is 0. The Bertz CT molecular complexity index is 155. The number of allylic oxidation sites excluding steroid dienone is 1. The molecule has 0 aromatic carbocycles. The molecule has 0 saturated heterocycles. The van der Waals surface area contributed by atoms with Gasteiger partial charge in [-0.05, 0) is 12.8 Å². The van der Waals surface area contributed by atoms with Crippen molar-refractivity contribution in [3.63, 3.8) is 0 Å². The lowest BCUT2D eigenvalue weighted by Gasteiger charge is -1.95. The van der Waals surface area contributed by atoms with Crippen molar-refractivity contribution in [2.24, 2.45) is 0 Å². The Kier molecular flexibility index (Phi) is 9.22. The molecule has 0 radical (unpaired) electrons. The van der Waals surface area contributed by atoms with Gasteiger partial charge in [-0.1, -0.05) is 38.3 Å². The lowest BCUT2D eigenvalue weighted by molar-refractivity contribution is 0.186. The van der Waals surface area contributed by atoms with Gasteiger partial charge in [-0.3, -0.25) is 0 Å². The Hall–Kier alpha value is -0.500. The fourth-order valence-electron chi connectivity index (χ4n) is 0.988. The van der Waals surface area contributed by atoms with Crippen LogP contribution in [0.3, 0.4) is 0 Å². The summed E-state index contributed by atoms with van der Waals surface area (Å²) in [4.78, 5) is 10.1. The molecule has 0 aliphatic rings. The summed E-state index contributed by atoms with van der Waals surface area (Å²) in [6.07, 6.45) is 9.94. The van der Waals surface area contributed by atoms with Gasteiger partial charge in [-0.25, -0.2) is 4.79 Å². The van der Waals surface area contributed by atoms with Gasteiger partial charge in [0.15, 0.2) is 0 Å². The third-order valence-corrected chi connectivity index (χ3v) is 1.79. The van der Waals surface area contributed by atoms with E-state index < -0.39 is 5.43 Å². The third-order valence-electron chi connectivity index (χ3n) is 1.68. The second kappa shape index (κ2) is 9.59. The summed E-state index contributed by atoms with van der Waals surface area (Å²) in [6.45, 7) is 2.48. The topological polar surface area (TPSA) is 26.3 Å². The van der Waals surface area contributed by atoms with E-state index in [0.29, 0.717) is 0 Å².